The molecule has 0 aromatic rings. The Bertz CT molecular complexity index is 297. The van der Waals surface area contributed by atoms with Gasteiger partial charge in [-0.1, -0.05) is 34.6 Å². The topological polar surface area (TPSA) is 52.6 Å². The van der Waals surface area contributed by atoms with E-state index >= 15 is 0 Å². The van der Waals surface area contributed by atoms with Gasteiger partial charge in [0.2, 0.25) is 0 Å². The first-order chi connectivity index (χ1) is 9.26. The first-order valence-corrected chi connectivity index (χ1v) is 7.65. The van der Waals surface area contributed by atoms with Gasteiger partial charge in [-0.25, -0.2) is 0 Å². The molecular weight excluding hydrogens is 256 g/mol. The monoisotopic (exact) mass is 286 g/mol. The Morgan fingerprint density at radius 3 is 1.80 bits per heavy atom. The molecule has 2 unspecified atom stereocenters. The van der Waals surface area contributed by atoms with Crippen molar-refractivity contribution in [2.45, 2.75) is 79.4 Å². The van der Waals surface area contributed by atoms with Crippen LogP contribution in [0.25, 0.3) is 0 Å². The van der Waals surface area contributed by atoms with E-state index in [0.29, 0.717) is 11.8 Å². The molecule has 0 bridgehead atoms. The summed E-state index contributed by atoms with van der Waals surface area (Å²) in [5, 5.41) is 0. The summed E-state index contributed by atoms with van der Waals surface area (Å²) in [5.74, 6) is 0.132. The van der Waals surface area contributed by atoms with Crippen LogP contribution >= 0.6 is 0 Å². The molecule has 0 saturated carbocycles. The Hall–Kier alpha value is -1.06. The highest BCUT2D eigenvalue weighted by Crippen LogP contribution is 2.13. The molecule has 0 N–H and O–H groups in total. The lowest BCUT2D eigenvalue weighted by Crippen LogP contribution is -2.24. The van der Waals surface area contributed by atoms with Gasteiger partial charge in [0, 0.05) is 0 Å². The van der Waals surface area contributed by atoms with Crippen molar-refractivity contribution in [3.63, 3.8) is 0 Å². The van der Waals surface area contributed by atoms with Crippen LogP contribution in [-0.4, -0.2) is 24.1 Å². The van der Waals surface area contributed by atoms with E-state index in [0.717, 1.165) is 12.8 Å². The van der Waals surface area contributed by atoms with Crippen LogP contribution in [0.1, 0.15) is 67.2 Å². The summed E-state index contributed by atoms with van der Waals surface area (Å²) in [6.07, 6.45) is 1.64. The summed E-state index contributed by atoms with van der Waals surface area (Å²) in [4.78, 5) is 23.3. The molecule has 4 nitrogen and oxygen atoms in total. The second-order valence-electron chi connectivity index (χ2n) is 6.11. The first kappa shape index (κ1) is 18.9. The van der Waals surface area contributed by atoms with E-state index in [9.17, 15) is 9.59 Å². The Morgan fingerprint density at radius 1 is 0.900 bits per heavy atom. The van der Waals surface area contributed by atoms with Gasteiger partial charge in [0.05, 0.1) is 18.9 Å². The lowest BCUT2D eigenvalue weighted by Gasteiger charge is -2.19. The highest BCUT2D eigenvalue weighted by molar-refractivity contribution is 5.77. The minimum Gasteiger partial charge on any atom is -0.463 e. The molecule has 0 heterocycles. The lowest BCUT2D eigenvalue weighted by atomic mass is 10.1. The van der Waals surface area contributed by atoms with E-state index in [4.69, 9.17) is 9.47 Å². The van der Waals surface area contributed by atoms with Crippen molar-refractivity contribution in [1.29, 1.82) is 0 Å². The zero-order valence-corrected chi connectivity index (χ0v) is 13.8. The van der Waals surface area contributed by atoms with Gasteiger partial charge in [-0.3, -0.25) is 9.59 Å². The Labute approximate surface area is 123 Å². The summed E-state index contributed by atoms with van der Waals surface area (Å²) in [7, 11) is 0. The van der Waals surface area contributed by atoms with Gasteiger partial charge in [-0.05, 0) is 31.6 Å². The van der Waals surface area contributed by atoms with E-state index < -0.39 is 0 Å². The summed E-state index contributed by atoms with van der Waals surface area (Å²) < 4.78 is 10.6. The molecule has 0 fully saturated rings. The van der Waals surface area contributed by atoms with Gasteiger partial charge in [0.1, 0.15) is 6.10 Å². The molecule has 0 aliphatic carbocycles. The number of hydrogen-bond acceptors (Lipinski definition) is 4. The van der Waals surface area contributed by atoms with Crippen molar-refractivity contribution < 1.29 is 19.1 Å². The van der Waals surface area contributed by atoms with Gasteiger partial charge in [-0.2, -0.15) is 0 Å². The van der Waals surface area contributed by atoms with Crippen LogP contribution in [0.15, 0.2) is 0 Å². The molecule has 118 valence electrons. The van der Waals surface area contributed by atoms with E-state index in [2.05, 4.69) is 13.8 Å². The third-order valence-corrected chi connectivity index (χ3v) is 3.10. The van der Waals surface area contributed by atoms with Crippen LogP contribution < -0.4 is 0 Å². The van der Waals surface area contributed by atoms with Gasteiger partial charge in [0.15, 0.2) is 0 Å². The number of hydrogen-bond donors (Lipinski definition) is 0. The first-order valence-electron chi connectivity index (χ1n) is 7.65. The number of ether oxygens (including phenoxy) is 2. The molecule has 0 aliphatic heterocycles. The fourth-order valence-corrected chi connectivity index (χ4v) is 2.12. The Kier molecular flexibility index (Phi) is 9.26. The molecule has 20 heavy (non-hydrogen) atoms. The standard InChI is InChI=1S/C16H30O4/c1-7-14(12(4)5)20-16(18)9-8-15(17)19-13(6)10-11(2)3/h11-14H,7-10H2,1-6H3. The van der Waals surface area contributed by atoms with Crippen molar-refractivity contribution in [3.05, 3.63) is 0 Å². The average molecular weight is 286 g/mol. The summed E-state index contributed by atoms with van der Waals surface area (Å²) >= 11 is 0. The van der Waals surface area contributed by atoms with Crippen molar-refractivity contribution in [2.75, 3.05) is 0 Å². The number of rotatable bonds is 9. The minimum atomic E-state index is -0.326. The van der Waals surface area contributed by atoms with Crippen LogP contribution in [0.3, 0.4) is 0 Å². The predicted molar refractivity (Wildman–Crippen MR) is 79.3 cm³/mol. The van der Waals surface area contributed by atoms with E-state index in [-0.39, 0.29) is 37.0 Å². The maximum atomic E-state index is 11.7. The van der Waals surface area contributed by atoms with Crippen molar-refractivity contribution in [3.8, 4) is 0 Å². The van der Waals surface area contributed by atoms with Crippen LogP contribution in [0.5, 0.6) is 0 Å². The average Bonchev–Trinajstić information content (AvgIpc) is 2.31. The molecular formula is C16H30O4. The van der Waals surface area contributed by atoms with Crippen LogP contribution in [0, 0.1) is 11.8 Å². The second kappa shape index (κ2) is 9.78. The summed E-state index contributed by atoms with van der Waals surface area (Å²) in [6, 6.07) is 0. The van der Waals surface area contributed by atoms with Gasteiger partial charge in [-0.15, -0.1) is 0 Å². The van der Waals surface area contributed by atoms with Crippen molar-refractivity contribution in [1.82, 2.24) is 0 Å². The predicted octanol–water partition coefficient (Wildman–Crippen LogP) is 3.72. The Morgan fingerprint density at radius 2 is 1.40 bits per heavy atom. The number of carbonyl (C=O) groups is 2. The third kappa shape index (κ3) is 8.94. The zero-order chi connectivity index (χ0) is 15.7. The highest BCUT2D eigenvalue weighted by Gasteiger charge is 2.18. The van der Waals surface area contributed by atoms with E-state index in [1.807, 2.05) is 27.7 Å². The fraction of sp³-hybridized carbons (Fsp3) is 0.875. The molecule has 0 aliphatic rings. The quantitative estimate of drug-likeness (QED) is 0.606. The van der Waals surface area contributed by atoms with Crippen LogP contribution in [-0.2, 0) is 19.1 Å². The summed E-state index contributed by atoms with van der Waals surface area (Å²) in [5.41, 5.74) is 0. The van der Waals surface area contributed by atoms with Gasteiger partial charge < -0.3 is 9.47 Å². The van der Waals surface area contributed by atoms with Crippen molar-refractivity contribution >= 4 is 11.9 Å². The molecule has 0 amide bonds. The molecule has 2 atom stereocenters. The maximum absolute atomic E-state index is 11.7. The SMILES string of the molecule is CCC(OC(=O)CCC(=O)OC(C)CC(C)C)C(C)C. The highest BCUT2D eigenvalue weighted by atomic mass is 16.5. The van der Waals surface area contributed by atoms with Gasteiger partial charge in [0.25, 0.3) is 0 Å². The third-order valence-electron chi connectivity index (χ3n) is 3.10. The van der Waals surface area contributed by atoms with E-state index in [1.54, 1.807) is 0 Å². The zero-order valence-electron chi connectivity index (χ0n) is 13.8. The van der Waals surface area contributed by atoms with Crippen LogP contribution in [0.2, 0.25) is 0 Å². The molecule has 0 aromatic carbocycles. The summed E-state index contributed by atoms with van der Waals surface area (Å²) in [6.45, 7) is 12.1. The fourth-order valence-electron chi connectivity index (χ4n) is 2.12. The number of carbonyl (C=O) groups excluding carboxylic acids is 2. The molecule has 0 radical (unpaired) electrons. The largest absolute Gasteiger partial charge is 0.463 e. The van der Waals surface area contributed by atoms with E-state index in [1.165, 1.54) is 0 Å². The second-order valence-corrected chi connectivity index (χ2v) is 6.11. The number of esters is 2. The molecule has 0 aromatic heterocycles. The normalized spacial score (nSPS) is 14.2. The van der Waals surface area contributed by atoms with Crippen molar-refractivity contribution in [2.24, 2.45) is 11.8 Å². The molecule has 4 heteroatoms. The van der Waals surface area contributed by atoms with Gasteiger partial charge >= 0.3 is 11.9 Å². The van der Waals surface area contributed by atoms with Crippen LogP contribution in [0.4, 0.5) is 0 Å². The molecule has 0 spiro atoms. The maximum Gasteiger partial charge on any atom is 0.306 e. The smallest absolute Gasteiger partial charge is 0.306 e. The molecule has 0 rings (SSSR count). The Balaban J connectivity index is 3.97. The minimum absolute atomic E-state index is 0.0709. The molecule has 0 saturated heterocycles. The lowest BCUT2D eigenvalue weighted by molar-refractivity contribution is -0.157.